The molecule has 0 aromatic heterocycles. The van der Waals surface area contributed by atoms with Crippen molar-refractivity contribution in [3.63, 3.8) is 0 Å². The topological polar surface area (TPSA) is 93.1 Å². The third-order valence-corrected chi connectivity index (χ3v) is 5.19. The van der Waals surface area contributed by atoms with Gasteiger partial charge in [0, 0.05) is 5.56 Å². The van der Waals surface area contributed by atoms with Crippen LogP contribution in [0.5, 0.6) is 11.5 Å². The summed E-state index contributed by atoms with van der Waals surface area (Å²) in [6, 6.07) is 10.4. The van der Waals surface area contributed by atoms with E-state index in [1.807, 2.05) is 0 Å². The average Bonchev–Trinajstić information content (AvgIpc) is 2.98. The smallest absolute Gasteiger partial charge is 0.344 e. The lowest BCUT2D eigenvalue weighted by Gasteiger charge is -2.16. The number of benzene rings is 2. The first kappa shape index (κ1) is 21.4. The van der Waals surface area contributed by atoms with Crippen LogP contribution in [-0.2, 0) is 16.1 Å². The van der Waals surface area contributed by atoms with E-state index >= 15 is 0 Å². The normalized spacial score (nSPS) is 16.1. The molecule has 1 saturated heterocycles. The minimum absolute atomic E-state index is 0.0137. The summed E-state index contributed by atoms with van der Waals surface area (Å²) in [7, 11) is 1.41. The lowest BCUT2D eigenvalue weighted by molar-refractivity contribution is -0.144. The van der Waals surface area contributed by atoms with Crippen molar-refractivity contribution in [1.82, 2.24) is 4.90 Å². The summed E-state index contributed by atoms with van der Waals surface area (Å²) in [4.78, 5) is 37.5. The Morgan fingerprint density at radius 1 is 1.23 bits per heavy atom. The van der Waals surface area contributed by atoms with E-state index in [0.29, 0.717) is 16.9 Å². The number of amides is 2. The Bertz CT molecular complexity index is 1020. The van der Waals surface area contributed by atoms with Crippen LogP contribution < -0.4 is 9.47 Å². The number of imide groups is 1. The molecule has 156 valence electrons. The van der Waals surface area contributed by atoms with Crippen LogP contribution in [0.2, 0.25) is 0 Å². The third kappa shape index (κ3) is 4.62. The zero-order valence-electron chi connectivity index (χ0n) is 16.1. The molecule has 1 fully saturated rings. The molecule has 1 N–H and O–H groups in total. The summed E-state index contributed by atoms with van der Waals surface area (Å²) in [6.07, 6.45) is 0.309. The van der Waals surface area contributed by atoms with Gasteiger partial charge in [0.2, 0.25) is 0 Å². The van der Waals surface area contributed by atoms with Crippen molar-refractivity contribution in [2.45, 2.75) is 19.6 Å². The Morgan fingerprint density at radius 2 is 1.93 bits per heavy atom. The molecule has 2 aromatic carbocycles. The van der Waals surface area contributed by atoms with Gasteiger partial charge in [0.05, 0.1) is 18.6 Å². The number of ether oxygens (including phenoxy) is 2. The first-order valence-corrected chi connectivity index (χ1v) is 9.68. The molecule has 9 heteroatoms. The predicted octanol–water partition coefficient (Wildman–Crippen LogP) is 3.92. The van der Waals surface area contributed by atoms with Gasteiger partial charge in [0.25, 0.3) is 11.1 Å². The Labute approximate surface area is 176 Å². The number of para-hydroxylation sites is 1. The number of hydrogen-bond acceptors (Lipinski definition) is 6. The van der Waals surface area contributed by atoms with Crippen molar-refractivity contribution in [1.29, 1.82) is 0 Å². The monoisotopic (exact) mass is 431 g/mol. The number of halogens is 1. The Hall–Kier alpha value is -3.33. The molecule has 1 atom stereocenters. The van der Waals surface area contributed by atoms with Gasteiger partial charge >= 0.3 is 5.97 Å². The van der Waals surface area contributed by atoms with Crippen LogP contribution in [0.25, 0.3) is 6.08 Å². The van der Waals surface area contributed by atoms with Crippen LogP contribution in [-0.4, -0.2) is 40.3 Å². The number of carbonyl (C=O) groups excluding carboxylic acids is 2. The number of nitrogens with zero attached hydrogens (tertiary/aromatic N) is 1. The minimum atomic E-state index is -1.16. The summed E-state index contributed by atoms with van der Waals surface area (Å²) < 4.78 is 23.8. The maximum absolute atomic E-state index is 13.1. The number of carbonyl (C=O) groups is 3. The number of carboxylic acid groups (broad SMARTS) is 1. The molecule has 3 rings (SSSR count). The van der Waals surface area contributed by atoms with E-state index in [1.165, 1.54) is 44.4 Å². The Morgan fingerprint density at radius 3 is 2.57 bits per heavy atom. The first-order valence-electron chi connectivity index (χ1n) is 8.86. The number of hydrogen-bond donors (Lipinski definition) is 1. The highest BCUT2D eigenvalue weighted by molar-refractivity contribution is 8.18. The predicted molar refractivity (Wildman–Crippen MR) is 109 cm³/mol. The van der Waals surface area contributed by atoms with E-state index < -0.39 is 29.0 Å². The molecule has 2 amide bonds. The molecule has 0 aliphatic carbocycles. The molecule has 7 nitrogen and oxygen atoms in total. The van der Waals surface area contributed by atoms with Gasteiger partial charge in [-0.3, -0.25) is 14.5 Å². The molecule has 0 saturated carbocycles. The van der Waals surface area contributed by atoms with Gasteiger partial charge in [0.15, 0.2) is 17.6 Å². The van der Waals surface area contributed by atoms with E-state index in [0.717, 1.165) is 16.7 Å². The van der Waals surface area contributed by atoms with Gasteiger partial charge in [0.1, 0.15) is 5.82 Å². The zero-order valence-corrected chi connectivity index (χ0v) is 16.9. The molecule has 1 aliphatic rings. The van der Waals surface area contributed by atoms with Crippen molar-refractivity contribution >= 4 is 35.0 Å². The van der Waals surface area contributed by atoms with Gasteiger partial charge in [-0.2, -0.15) is 0 Å². The van der Waals surface area contributed by atoms with E-state index in [4.69, 9.17) is 14.6 Å². The van der Waals surface area contributed by atoms with E-state index in [-0.39, 0.29) is 17.2 Å². The number of thioether (sulfide) groups is 1. The second-order valence-electron chi connectivity index (χ2n) is 6.37. The number of aliphatic carboxylic acids is 1. The number of carboxylic acids is 1. The van der Waals surface area contributed by atoms with Gasteiger partial charge in [-0.25, -0.2) is 9.18 Å². The summed E-state index contributed by atoms with van der Waals surface area (Å²) in [5.74, 6) is -1.63. The molecular formula is C21H18FNO6S. The molecule has 1 heterocycles. The SMILES string of the molecule is COc1cccc(/C=C2\SC(=O)N(Cc3ccc(F)cc3)C2=O)c1O[C@H](C)C(=O)O. The minimum Gasteiger partial charge on any atom is -0.493 e. The van der Waals surface area contributed by atoms with Crippen LogP contribution in [0.3, 0.4) is 0 Å². The van der Waals surface area contributed by atoms with Crippen molar-refractivity contribution in [3.05, 3.63) is 64.3 Å². The maximum Gasteiger partial charge on any atom is 0.344 e. The highest BCUT2D eigenvalue weighted by Gasteiger charge is 2.35. The Kier molecular flexibility index (Phi) is 6.41. The van der Waals surface area contributed by atoms with Crippen LogP contribution in [0, 0.1) is 5.82 Å². The second-order valence-corrected chi connectivity index (χ2v) is 7.36. The largest absolute Gasteiger partial charge is 0.493 e. The highest BCUT2D eigenvalue weighted by atomic mass is 32.2. The molecule has 2 aromatic rings. The second kappa shape index (κ2) is 9.00. The summed E-state index contributed by atoms with van der Waals surface area (Å²) in [5.41, 5.74) is 1.01. The zero-order chi connectivity index (χ0) is 21.8. The van der Waals surface area contributed by atoms with Crippen LogP contribution in [0.15, 0.2) is 47.4 Å². The van der Waals surface area contributed by atoms with E-state index in [9.17, 15) is 18.8 Å². The molecule has 0 radical (unpaired) electrons. The lowest BCUT2D eigenvalue weighted by atomic mass is 10.1. The standard InChI is InChI=1S/C21H18FNO6S/c1-12(20(25)26)29-18-14(4-3-5-16(18)28-2)10-17-19(24)23(21(27)30-17)11-13-6-8-15(22)9-7-13/h3-10,12H,11H2,1-2H3,(H,25,26)/b17-10-/t12-/m1/s1. The van der Waals surface area contributed by atoms with E-state index in [2.05, 4.69) is 0 Å². The fourth-order valence-corrected chi connectivity index (χ4v) is 3.54. The third-order valence-electron chi connectivity index (χ3n) is 4.29. The van der Waals surface area contributed by atoms with Gasteiger partial charge in [-0.05, 0) is 48.5 Å². The highest BCUT2D eigenvalue weighted by Crippen LogP contribution is 2.38. The lowest BCUT2D eigenvalue weighted by Crippen LogP contribution is -2.27. The van der Waals surface area contributed by atoms with Crippen LogP contribution in [0.4, 0.5) is 9.18 Å². The summed E-state index contributed by atoms with van der Waals surface area (Å²) >= 11 is 0.758. The average molecular weight is 431 g/mol. The number of methoxy groups -OCH3 is 1. The summed E-state index contributed by atoms with van der Waals surface area (Å²) in [5, 5.41) is 8.68. The molecule has 1 aliphatic heterocycles. The van der Waals surface area contributed by atoms with Gasteiger partial charge in [-0.1, -0.05) is 24.3 Å². The van der Waals surface area contributed by atoms with Crippen molar-refractivity contribution < 1.29 is 33.4 Å². The van der Waals surface area contributed by atoms with Crippen molar-refractivity contribution in [3.8, 4) is 11.5 Å². The maximum atomic E-state index is 13.1. The fraction of sp³-hybridized carbons (Fsp3) is 0.190. The van der Waals surface area contributed by atoms with Gasteiger partial charge < -0.3 is 14.6 Å². The quantitative estimate of drug-likeness (QED) is 0.664. The van der Waals surface area contributed by atoms with Crippen LogP contribution in [0.1, 0.15) is 18.1 Å². The molecule has 0 unspecified atom stereocenters. The summed E-state index contributed by atoms with van der Waals surface area (Å²) in [6.45, 7) is 1.38. The molecule has 0 spiro atoms. The number of rotatable bonds is 7. The first-order chi connectivity index (χ1) is 14.3. The van der Waals surface area contributed by atoms with E-state index in [1.54, 1.807) is 18.2 Å². The molecule has 30 heavy (non-hydrogen) atoms. The van der Waals surface area contributed by atoms with Crippen molar-refractivity contribution in [2.75, 3.05) is 7.11 Å². The van der Waals surface area contributed by atoms with Crippen molar-refractivity contribution in [2.24, 2.45) is 0 Å². The molecule has 0 bridgehead atoms. The van der Waals surface area contributed by atoms with Gasteiger partial charge in [-0.15, -0.1) is 0 Å². The Balaban J connectivity index is 1.89. The molecular weight excluding hydrogens is 413 g/mol. The fourth-order valence-electron chi connectivity index (χ4n) is 2.71. The van der Waals surface area contributed by atoms with Crippen LogP contribution >= 0.6 is 11.8 Å².